The first kappa shape index (κ1) is 11.1. The van der Waals surface area contributed by atoms with Gasteiger partial charge in [0.25, 0.3) is 5.91 Å². The van der Waals surface area contributed by atoms with Gasteiger partial charge in [-0.1, -0.05) is 0 Å². The van der Waals surface area contributed by atoms with E-state index in [0.717, 1.165) is 16.5 Å². The number of hydrogen-bond donors (Lipinski definition) is 2. The van der Waals surface area contributed by atoms with Crippen LogP contribution >= 0.6 is 22.9 Å². The average Bonchev–Trinajstić information content (AvgIpc) is 2.87. The standard InChI is InChI=1S/C8H9N5OS2/c1-4-10-8(16-13-4)12-7(14)5-3-15-6(2-9)11-5/h3H,2,9H2,1H3,(H,10,12,13,14). The van der Waals surface area contributed by atoms with Crippen LogP contribution in [0.25, 0.3) is 0 Å². The molecule has 0 aliphatic carbocycles. The molecule has 0 saturated heterocycles. The highest BCUT2D eigenvalue weighted by Gasteiger charge is 2.12. The minimum Gasteiger partial charge on any atom is -0.325 e. The van der Waals surface area contributed by atoms with Gasteiger partial charge in [0.1, 0.15) is 16.5 Å². The van der Waals surface area contributed by atoms with Crippen LogP contribution in [0.3, 0.4) is 0 Å². The van der Waals surface area contributed by atoms with E-state index < -0.39 is 0 Å². The molecule has 0 aromatic carbocycles. The molecule has 2 heterocycles. The van der Waals surface area contributed by atoms with Crippen molar-refractivity contribution in [3.63, 3.8) is 0 Å². The molecule has 2 aromatic rings. The molecule has 0 atom stereocenters. The second kappa shape index (κ2) is 4.64. The number of hydrogen-bond acceptors (Lipinski definition) is 7. The van der Waals surface area contributed by atoms with E-state index in [1.807, 2.05) is 0 Å². The predicted molar refractivity (Wildman–Crippen MR) is 62.6 cm³/mol. The Morgan fingerprint density at radius 2 is 2.38 bits per heavy atom. The summed E-state index contributed by atoms with van der Waals surface area (Å²) in [5.74, 6) is 0.355. The summed E-state index contributed by atoms with van der Waals surface area (Å²) in [4.78, 5) is 19.8. The zero-order chi connectivity index (χ0) is 11.5. The number of rotatable bonds is 3. The molecule has 1 amide bonds. The van der Waals surface area contributed by atoms with E-state index >= 15 is 0 Å². The van der Waals surface area contributed by atoms with E-state index in [2.05, 4.69) is 19.7 Å². The first-order chi connectivity index (χ1) is 7.69. The summed E-state index contributed by atoms with van der Waals surface area (Å²) in [5, 5.41) is 5.51. The van der Waals surface area contributed by atoms with Gasteiger partial charge in [0.2, 0.25) is 5.13 Å². The van der Waals surface area contributed by atoms with Crippen molar-refractivity contribution >= 4 is 33.9 Å². The summed E-state index contributed by atoms with van der Waals surface area (Å²) in [6.07, 6.45) is 0. The maximum absolute atomic E-state index is 11.7. The lowest BCUT2D eigenvalue weighted by atomic mass is 10.4. The van der Waals surface area contributed by atoms with Crippen LogP contribution in [0, 0.1) is 6.92 Å². The van der Waals surface area contributed by atoms with Gasteiger partial charge >= 0.3 is 0 Å². The fourth-order valence-electron chi connectivity index (χ4n) is 1.02. The number of nitrogens with zero attached hydrogens (tertiary/aromatic N) is 3. The molecule has 0 bridgehead atoms. The fraction of sp³-hybridized carbons (Fsp3) is 0.250. The van der Waals surface area contributed by atoms with Crippen LogP contribution < -0.4 is 11.1 Å². The second-order valence-corrected chi connectivity index (χ2v) is 4.63. The number of aromatic nitrogens is 3. The Morgan fingerprint density at radius 1 is 1.56 bits per heavy atom. The van der Waals surface area contributed by atoms with Gasteiger partial charge in [-0.25, -0.2) is 9.97 Å². The lowest BCUT2D eigenvalue weighted by Crippen LogP contribution is -2.12. The quantitative estimate of drug-likeness (QED) is 0.853. The van der Waals surface area contributed by atoms with Crippen molar-refractivity contribution in [1.82, 2.24) is 14.3 Å². The maximum Gasteiger partial charge on any atom is 0.276 e. The fourth-order valence-corrected chi connectivity index (χ4v) is 2.24. The first-order valence-corrected chi connectivity index (χ1v) is 6.10. The third-order valence-electron chi connectivity index (χ3n) is 1.71. The third kappa shape index (κ3) is 2.40. The molecular formula is C8H9N5OS2. The largest absolute Gasteiger partial charge is 0.325 e. The topological polar surface area (TPSA) is 93.8 Å². The number of nitrogens with two attached hydrogens (primary N) is 1. The summed E-state index contributed by atoms with van der Waals surface area (Å²) in [6.45, 7) is 2.11. The number of nitrogens with one attached hydrogen (secondary N) is 1. The highest BCUT2D eigenvalue weighted by Crippen LogP contribution is 2.14. The van der Waals surface area contributed by atoms with Crippen molar-refractivity contribution in [2.45, 2.75) is 13.5 Å². The zero-order valence-corrected chi connectivity index (χ0v) is 10.1. The predicted octanol–water partition coefficient (Wildman–Crippen LogP) is 1.01. The lowest BCUT2D eigenvalue weighted by Gasteiger charge is -1.95. The lowest BCUT2D eigenvalue weighted by molar-refractivity contribution is 0.102. The molecule has 2 rings (SSSR count). The van der Waals surface area contributed by atoms with Crippen molar-refractivity contribution < 1.29 is 4.79 Å². The zero-order valence-electron chi connectivity index (χ0n) is 8.43. The molecule has 0 radical (unpaired) electrons. The van der Waals surface area contributed by atoms with Gasteiger partial charge in [-0.3, -0.25) is 10.1 Å². The molecule has 6 nitrogen and oxygen atoms in total. The normalized spacial score (nSPS) is 10.4. The van der Waals surface area contributed by atoms with Crippen molar-refractivity contribution in [2.24, 2.45) is 5.73 Å². The summed E-state index contributed by atoms with van der Waals surface area (Å²) >= 11 is 2.51. The van der Waals surface area contributed by atoms with Crippen LogP contribution in [0.15, 0.2) is 5.38 Å². The number of aryl methyl sites for hydroxylation is 1. The molecule has 2 aromatic heterocycles. The van der Waals surface area contributed by atoms with E-state index in [1.54, 1.807) is 12.3 Å². The number of anilines is 1. The third-order valence-corrected chi connectivity index (χ3v) is 3.30. The minimum absolute atomic E-state index is 0.285. The Kier molecular flexibility index (Phi) is 3.22. The van der Waals surface area contributed by atoms with Gasteiger partial charge in [0.05, 0.1) is 0 Å². The summed E-state index contributed by atoms with van der Waals surface area (Å²) < 4.78 is 3.96. The molecule has 0 saturated carbocycles. The number of thiazole rings is 1. The molecular weight excluding hydrogens is 246 g/mol. The Hall–Kier alpha value is -1.38. The monoisotopic (exact) mass is 255 g/mol. The smallest absolute Gasteiger partial charge is 0.276 e. The molecule has 16 heavy (non-hydrogen) atoms. The van der Waals surface area contributed by atoms with Crippen molar-refractivity contribution in [3.8, 4) is 0 Å². The van der Waals surface area contributed by atoms with Gasteiger partial charge < -0.3 is 5.73 Å². The Morgan fingerprint density at radius 3 is 2.94 bits per heavy atom. The number of amides is 1. The van der Waals surface area contributed by atoms with Crippen LogP contribution in [0.5, 0.6) is 0 Å². The van der Waals surface area contributed by atoms with E-state index in [0.29, 0.717) is 23.2 Å². The van der Waals surface area contributed by atoms with E-state index in [4.69, 9.17) is 5.73 Å². The van der Waals surface area contributed by atoms with Gasteiger partial charge in [0.15, 0.2) is 0 Å². The van der Waals surface area contributed by atoms with Gasteiger partial charge in [0, 0.05) is 23.5 Å². The van der Waals surface area contributed by atoms with Crippen LogP contribution in [-0.2, 0) is 6.54 Å². The first-order valence-electron chi connectivity index (χ1n) is 4.45. The molecule has 0 unspecified atom stereocenters. The Labute approximate surface area is 99.7 Å². The van der Waals surface area contributed by atoms with Crippen LogP contribution in [-0.4, -0.2) is 20.2 Å². The number of carbonyl (C=O) groups is 1. The molecule has 8 heteroatoms. The molecule has 3 N–H and O–H groups in total. The molecule has 0 aliphatic heterocycles. The van der Waals surface area contributed by atoms with E-state index in [1.165, 1.54) is 11.3 Å². The average molecular weight is 255 g/mol. The van der Waals surface area contributed by atoms with Crippen LogP contribution in [0.2, 0.25) is 0 Å². The van der Waals surface area contributed by atoms with Crippen LogP contribution in [0.4, 0.5) is 5.13 Å². The Balaban J connectivity index is 2.08. The van der Waals surface area contributed by atoms with Crippen molar-refractivity contribution in [1.29, 1.82) is 0 Å². The maximum atomic E-state index is 11.7. The SMILES string of the molecule is Cc1nsc(NC(=O)c2csc(CN)n2)n1. The molecule has 0 fully saturated rings. The minimum atomic E-state index is -0.285. The Bertz CT molecular complexity index is 506. The molecule has 84 valence electrons. The van der Waals surface area contributed by atoms with E-state index in [9.17, 15) is 4.79 Å². The summed E-state index contributed by atoms with van der Waals surface area (Å²) in [5.41, 5.74) is 5.77. The molecule has 0 aliphatic rings. The number of carbonyl (C=O) groups excluding carboxylic acids is 1. The summed E-state index contributed by atoms with van der Waals surface area (Å²) in [7, 11) is 0. The molecule has 0 spiro atoms. The van der Waals surface area contributed by atoms with E-state index in [-0.39, 0.29) is 5.91 Å². The van der Waals surface area contributed by atoms with Crippen molar-refractivity contribution in [2.75, 3.05) is 5.32 Å². The van der Waals surface area contributed by atoms with Crippen molar-refractivity contribution in [3.05, 3.63) is 21.9 Å². The van der Waals surface area contributed by atoms with Crippen LogP contribution in [0.1, 0.15) is 21.3 Å². The summed E-state index contributed by atoms with van der Waals surface area (Å²) in [6, 6.07) is 0. The second-order valence-electron chi connectivity index (χ2n) is 2.93. The van der Waals surface area contributed by atoms with Gasteiger partial charge in [-0.2, -0.15) is 4.37 Å². The van der Waals surface area contributed by atoms with Gasteiger partial charge in [-0.05, 0) is 6.92 Å². The van der Waals surface area contributed by atoms with Gasteiger partial charge in [-0.15, -0.1) is 11.3 Å². The highest BCUT2D eigenvalue weighted by molar-refractivity contribution is 7.10. The highest BCUT2D eigenvalue weighted by atomic mass is 32.1.